The van der Waals surface area contributed by atoms with Crippen molar-refractivity contribution in [1.82, 2.24) is 9.88 Å². The van der Waals surface area contributed by atoms with E-state index in [0.29, 0.717) is 19.4 Å². The van der Waals surface area contributed by atoms with Crippen LogP contribution in [0.1, 0.15) is 17.5 Å². The molecule has 124 valence electrons. The van der Waals surface area contributed by atoms with Gasteiger partial charge in [-0.3, -0.25) is 4.79 Å². The van der Waals surface area contributed by atoms with Crippen molar-refractivity contribution in [2.75, 3.05) is 14.2 Å². The number of H-pyrrole nitrogens is 1. The van der Waals surface area contributed by atoms with Gasteiger partial charge in [0.25, 0.3) is 0 Å². The van der Waals surface area contributed by atoms with Gasteiger partial charge in [-0.15, -0.1) is 0 Å². The van der Waals surface area contributed by atoms with E-state index in [4.69, 9.17) is 4.74 Å². The number of benzene rings is 2. The van der Waals surface area contributed by atoms with Crippen molar-refractivity contribution in [1.29, 1.82) is 0 Å². The quantitative estimate of drug-likeness (QED) is 0.751. The number of ether oxygens (including phenoxy) is 1. The second-order valence-corrected chi connectivity index (χ2v) is 5.96. The summed E-state index contributed by atoms with van der Waals surface area (Å²) in [4.78, 5) is 17.5. The van der Waals surface area contributed by atoms with E-state index in [1.165, 1.54) is 5.39 Å². The van der Waals surface area contributed by atoms with Crippen LogP contribution in [-0.2, 0) is 17.8 Å². The minimum absolute atomic E-state index is 0.142. The second-order valence-electron chi connectivity index (χ2n) is 5.96. The molecule has 1 aromatic heterocycles. The molecule has 0 unspecified atom stereocenters. The summed E-state index contributed by atoms with van der Waals surface area (Å²) in [5, 5.41) is 1.17. The fourth-order valence-corrected chi connectivity index (χ4v) is 2.88. The number of carbonyl (C=O) groups is 1. The second kappa shape index (κ2) is 7.21. The lowest BCUT2D eigenvalue weighted by Gasteiger charge is -2.17. The van der Waals surface area contributed by atoms with Crippen LogP contribution in [0.3, 0.4) is 0 Å². The van der Waals surface area contributed by atoms with Gasteiger partial charge in [-0.25, -0.2) is 0 Å². The van der Waals surface area contributed by atoms with Gasteiger partial charge in [0.1, 0.15) is 5.75 Å². The minimum Gasteiger partial charge on any atom is -0.497 e. The maximum absolute atomic E-state index is 12.4. The Morgan fingerprint density at radius 2 is 2.00 bits per heavy atom. The van der Waals surface area contributed by atoms with Crippen molar-refractivity contribution < 1.29 is 9.53 Å². The monoisotopic (exact) mass is 322 g/mol. The fraction of sp³-hybridized carbons (Fsp3) is 0.250. The molecule has 4 heteroatoms. The Bertz CT molecular complexity index is 838. The maximum Gasteiger partial charge on any atom is 0.222 e. The maximum atomic E-state index is 12.4. The van der Waals surface area contributed by atoms with Gasteiger partial charge >= 0.3 is 0 Å². The van der Waals surface area contributed by atoms with Crippen molar-refractivity contribution >= 4 is 16.8 Å². The zero-order valence-corrected chi connectivity index (χ0v) is 14.1. The lowest BCUT2D eigenvalue weighted by atomic mass is 10.1. The van der Waals surface area contributed by atoms with Gasteiger partial charge < -0.3 is 14.6 Å². The van der Waals surface area contributed by atoms with E-state index < -0.39 is 0 Å². The lowest BCUT2D eigenvalue weighted by molar-refractivity contribution is -0.130. The molecule has 2 aromatic carbocycles. The first kappa shape index (κ1) is 16.1. The molecule has 0 bridgehead atoms. The van der Waals surface area contributed by atoms with Crippen LogP contribution < -0.4 is 4.74 Å². The summed E-state index contributed by atoms with van der Waals surface area (Å²) >= 11 is 0. The van der Waals surface area contributed by atoms with Crippen LogP contribution in [0.4, 0.5) is 0 Å². The number of aryl methyl sites for hydroxylation is 1. The molecule has 0 fully saturated rings. The Kier molecular flexibility index (Phi) is 4.85. The number of hydrogen-bond donors (Lipinski definition) is 1. The average molecular weight is 322 g/mol. The van der Waals surface area contributed by atoms with Crippen LogP contribution in [0.25, 0.3) is 10.9 Å². The summed E-state index contributed by atoms with van der Waals surface area (Å²) in [6, 6.07) is 16.0. The zero-order valence-electron chi connectivity index (χ0n) is 14.1. The van der Waals surface area contributed by atoms with Crippen molar-refractivity contribution in [3.63, 3.8) is 0 Å². The van der Waals surface area contributed by atoms with Crippen LogP contribution in [-0.4, -0.2) is 29.9 Å². The fourth-order valence-electron chi connectivity index (χ4n) is 2.88. The predicted molar refractivity (Wildman–Crippen MR) is 96.1 cm³/mol. The molecule has 0 aliphatic heterocycles. The highest BCUT2D eigenvalue weighted by Crippen LogP contribution is 2.19. The van der Waals surface area contributed by atoms with E-state index >= 15 is 0 Å². The van der Waals surface area contributed by atoms with Crippen LogP contribution in [0.2, 0.25) is 0 Å². The lowest BCUT2D eigenvalue weighted by Crippen LogP contribution is -2.26. The standard InChI is InChI=1S/C20H22N2O2/c1-22(14-16-13-21-19-9-4-3-8-18(16)19)20(23)11-10-15-6-5-7-17(12-15)24-2/h3-9,12-13,21H,10-11,14H2,1-2H3. The number of aromatic nitrogens is 1. The van der Waals surface area contributed by atoms with E-state index in [1.807, 2.05) is 55.7 Å². The molecule has 0 atom stereocenters. The van der Waals surface area contributed by atoms with Gasteiger partial charge in [0.05, 0.1) is 7.11 Å². The third-order valence-electron chi connectivity index (χ3n) is 4.27. The first-order chi connectivity index (χ1) is 11.7. The molecule has 4 nitrogen and oxygen atoms in total. The van der Waals surface area contributed by atoms with Crippen LogP contribution >= 0.6 is 0 Å². The summed E-state index contributed by atoms with van der Waals surface area (Å²) in [6.45, 7) is 0.612. The highest BCUT2D eigenvalue weighted by atomic mass is 16.5. The minimum atomic E-state index is 0.142. The zero-order chi connectivity index (χ0) is 16.9. The van der Waals surface area contributed by atoms with Gasteiger partial charge in [-0.2, -0.15) is 0 Å². The van der Waals surface area contributed by atoms with E-state index in [9.17, 15) is 4.79 Å². The molecular weight excluding hydrogens is 300 g/mol. The van der Waals surface area contributed by atoms with Crippen molar-refractivity contribution in [3.8, 4) is 5.75 Å². The number of amides is 1. The predicted octanol–water partition coefficient (Wildman–Crippen LogP) is 3.77. The summed E-state index contributed by atoms with van der Waals surface area (Å²) in [6.07, 6.45) is 3.19. The number of nitrogens with zero attached hydrogens (tertiary/aromatic N) is 1. The highest BCUT2D eigenvalue weighted by molar-refractivity contribution is 5.84. The number of rotatable bonds is 6. The number of para-hydroxylation sites is 1. The Morgan fingerprint density at radius 1 is 1.17 bits per heavy atom. The normalized spacial score (nSPS) is 10.8. The van der Waals surface area contributed by atoms with Gasteiger partial charge in [-0.1, -0.05) is 30.3 Å². The van der Waals surface area contributed by atoms with Crippen LogP contribution in [0.15, 0.2) is 54.7 Å². The Balaban J connectivity index is 1.60. The van der Waals surface area contributed by atoms with E-state index in [0.717, 1.165) is 22.4 Å². The summed E-state index contributed by atoms with van der Waals surface area (Å²) < 4.78 is 5.22. The van der Waals surface area contributed by atoms with E-state index in [1.54, 1.807) is 12.0 Å². The van der Waals surface area contributed by atoms with Crippen LogP contribution in [0.5, 0.6) is 5.75 Å². The first-order valence-electron chi connectivity index (χ1n) is 8.09. The molecule has 0 spiro atoms. The molecule has 1 amide bonds. The van der Waals surface area contributed by atoms with Crippen LogP contribution in [0, 0.1) is 0 Å². The molecule has 0 aliphatic rings. The van der Waals surface area contributed by atoms with E-state index in [-0.39, 0.29) is 5.91 Å². The molecular formula is C20H22N2O2. The van der Waals surface area contributed by atoms with Crippen molar-refractivity contribution in [3.05, 3.63) is 65.9 Å². The average Bonchev–Trinajstić information content (AvgIpc) is 3.03. The van der Waals surface area contributed by atoms with Gasteiger partial charge in [0.15, 0.2) is 0 Å². The van der Waals surface area contributed by atoms with Crippen molar-refractivity contribution in [2.45, 2.75) is 19.4 Å². The number of aromatic amines is 1. The Morgan fingerprint density at radius 3 is 2.83 bits per heavy atom. The molecule has 0 radical (unpaired) electrons. The SMILES string of the molecule is COc1cccc(CCC(=O)N(C)Cc2c[nH]c3ccccc23)c1. The molecule has 1 N–H and O–H groups in total. The topological polar surface area (TPSA) is 45.3 Å². The number of fused-ring (bicyclic) bond motifs is 1. The Labute approximate surface area is 142 Å². The highest BCUT2D eigenvalue weighted by Gasteiger charge is 2.12. The molecule has 0 saturated carbocycles. The summed E-state index contributed by atoms with van der Waals surface area (Å²) in [5.41, 5.74) is 3.36. The van der Waals surface area contributed by atoms with Gasteiger partial charge in [-0.05, 0) is 35.7 Å². The smallest absolute Gasteiger partial charge is 0.222 e. The number of nitrogens with one attached hydrogen (secondary N) is 1. The Hall–Kier alpha value is -2.75. The number of hydrogen-bond acceptors (Lipinski definition) is 2. The molecule has 24 heavy (non-hydrogen) atoms. The van der Waals surface area contributed by atoms with Gasteiger partial charge in [0.2, 0.25) is 5.91 Å². The number of methoxy groups -OCH3 is 1. The summed E-state index contributed by atoms with van der Waals surface area (Å²) in [5.74, 6) is 0.968. The molecule has 3 rings (SSSR count). The number of carbonyl (C=O) groups excluding carboxylic acids is 1. The van der Waals surface area contributed by atoms with E-state index in [2.05, 4.69) is 11.1 Å². The third-order valence-corrected chi connectivity index (χ3v) is 4.27. The molecule has 0 saturated heterocycles. The molecule has 1 heterocycles. The molecule has 0 aliphatic carbocycles. The first-order valence-corrected chi connectivity index (χ1v) is 8.09. The third kappa shape index (κ3) is 3.59. The largest absolute Gasteiger partial charge is 0.497 e. The molecule has 3 aromatic rings. The van der Waals surface area contributed by atoms with Crippen molar-refractivity contribution in [2.24, 2.45) is 0 Å². The summed E-state index contributed by atoms with van der Waals surface area (Å²) in [7, 11) is 3.51. The van der Waals surface area contributed by atoms with Gasteiger partial charge in [0, 0.05) is 37.1 Å².